The van der Waals surface area contributed by atoms with Gasteiger partial charge in [0.25, 0.3) is 0 Å². The smallest absolute Gasteiger partial charge is 0.243 e. The van der Waals surface area contributed by atoms with Crippen molar-refractivity contribution in [3.63, 3.8) is 0 Å². The minimum atomic E-state index is -0.451. The average molecular weight is 352 g/mol. The number of benzene rings is 2. The summed E-state index contributed by atoms with van der Waals surface area (Å²) in [5.41, 5.74) is 1.76. The van der Waals surface area contributed by atoms with Crippen molar-refractivity contribution in [2.45, 2.75) is 25.2 Å². The molecule has 0 fully saturated rings. The largest absolute Gasteiger partial charge is 0.493 e. The van der Waals surface area contributed by atoms with E-state index in [9.17, 15) is 4.79 Å². The highest BCUT2D eigenvalue weighted by Gasteiger charge is 2.33. The monoisotopic (exact) mass is 352 g/mol. The molecule has 0 saturated carbocycles. The molecule has 0 aromatic heterocycles. The molecule has 1 aliphatic heterocycles. The fourth-order valence-electron chi connectivity index (χ4n) is 3.00. The van der Waals surface area contributed by atoms with E-state index in [-0.39, 0.29) is 5.91 Å². The highest BCUT2D eigenvalue weighted by molar-refractivity contribution is 5.89. The Morgan fingerprint density at radius 3 is 2.62 bits per heavy atom. The number of hydrazone groups is 1. The molecular weight excluding hydrogens is 328 g/mol. The maximum absolute atomic E-state index is 12.1. The van der Waals surface area contributed by atoms with E-state index >= 15 is 0 Å². The zero-order valence-corrected chi connectivity index (χ0v) is 15.4. The number of hydrogen-bond donors (Lipinski definition) is 0. The van der Waals surface area contributed by atoms with Crippen LogP contribution < -0.4 is 9.47 Å². The summed E-state index contributed by atoms with van der Waals surface area (Å²) in [6.45, 7) is 2.56. The molecule has 3 rings (SSSR count). The predicted octanol–water partition coefficient (Wildman–Crippen LogP) is 3.42. The second-order valence-corrected chi connectivity index (χ2v) is 6.71. The van der Waals surface area contributed by atoms with Gasteiger partial charge in [0.05, 0.1) is 13.7 Å². The molecule has 5 heteroatoms. The van der Waals surface area contributed by atoms with Crippen LogP contribution in [0.4, 0.5) is 0 Å². The lowest BCUT2D eigenvalue weighted by atomic mass is 9.79. The standard InChI is InChI=1S/C21H24N2O3/c1-21(14-20(24)23(2)22-15-21)17-9-10-18(25-3)19(13-17)26-12-11-16-7-5-4-6-8-16/h4-10,13,15H,11-12,14H2,1-3H3. The lowest BCUT2D eigenvalue weighted by molar-refractivity contribution is -0.131. The normalized spacial score (nSPS) is 19.5. The van der Waals surface area contributed by atoms with Crippen LogP contribution in [0.2, 0.25) is 0 Å². The third-order valence-corrected chi connectivity index (χ3v) is 4.71. The molecule has 0 radical (unpaired) electrons. The first kappa shape index (κ1) is 18.0. The average Bonchev–Trinajstić information content (AvgIpc) is 2.66. The van der Waals surface area contributed by atoms with Crippen LogP contribution in [0.3, 0.4) is 0 Å². The quantitative estimate of drug-likeness (QED) is 0.800. The highest BCUT2D eigenvalue weighted by atomic mass is 16.5. The van der Waals surface area contributed by atoms with E-state index in [2.05, 4.69) is 17.2 Å². The first-order chi connectivity index (χ1) is 12.5. The maximum Gasteiger partial charge on any atom is 0.243 e. The Kier molecular flexibility index (Phi) is 5.26. The van der Waals surface area contributed by atoms with Crippen molar-refractivity contribution in [3.8, 4) is 11.5 Å². The number of hydrogen-bond acceptors (Lipinski definition) is 4. The molecule has 26 heavy (non-hydrogen) atoms. The zero-order valence-electron chi connectivity index (χ0n) is 15.4. The van der Waals surface area contributed by atoms with Crippen molar-refractivity contribution in [2.24, 2.45) is 5.10 Å². The molecule has 1 amide bonds. The number of amides is 1. The summed E-state index contributed by atoms with van der Waals surface area (Å²) in [5.74, 6) is 1.36. The van der Waals surface area contributed by atoms with E-state index in [0.717, 1.165) is 12.0 Å². The number of carbonyl (C=O) groups excluding carboxylic acids is 1. The second kappa shape index (κ2) is 7.60. The Morgan fingerprint density at radius 2 is 1.92 bits per heavy atom. The molecule has 0 saturated heterocycles. The van der Waals surface area contributed by atoms with E-state index in [0.29, 0.717) is 24.5 Å². The number of ether oxygens (including phenoxy) is 2. The summed E-state index contributed by atoms with van der Waals surface area (Å²) in [4.78, 5) is 12.1. The van der Waals surface area contributed by atoms with Crippen LogP contribution in [0, 0.1) is 0 Å². The number of rotatable bonds is 6. The molecular formula is C21H24N2O3. The van der Waals surface area contributed by atoms with Crippen molar-refractivity contribution in [2.75, 3.05) is 20.8 Å². The van der Waals surface area contributed by atoms with Crippen molar-refractivity contribution in [1.82, 2.24) is 5.01 Å². The molecule has 136 valence electrons. The Morgan fingerprint density at radius 1 is 1.15 bits per heavy atom. The molecule has 1 unspecified atom stereocenters. The molecule has 2 aromatic rings. The van der Waals surface area contributed by atoms with E-state index in [1.165, 1.54) is 10.6 Å². The predicted molar refractivity (Wildman–Crippen MR) is 102 cm³/mol. The maximum atomic E-state index is 12.1. The summed E-state index contributed by atoms with van der Waals surface area (Å²) in [7, 11) is 3.30. The molecule has 0 spiro atoms. The molecule has 0 aliphatic carbocycles. The minimum Gasteiger partial charge on any atom is -0.493 e. The van der Waals surface area contributed by atoms with Crippen LogP contribution in [0.1, 0.15) is 24.5 Å². The minimum absolute atomic E-state index is 0.00244. The molecule has 0 bridgehead atoms. The lowest BCUT2D eigenvalue weighted by Gasteiger charge is -2.31. The van der Waals surface area contributed by atoms with Crippen LogP contribution in [0.5, 0.6) is 11.5 Å². The van der Waals surface area contributed by atoms with Gasteiger partial charge < -0.3 is 9.47 Å². The van der Waals surface area contributed by atoms with Gasteiger partial charge in [0, 0.05) is 31.5 Å². The van der Waals surface area contributed by atoms with Crippen molar-refractivity contribution < 1.29 is 14.3 Å². The van der Waals surface area contributed by atoms with Gasteiger partial charge in [-0.1, -0.05) is 36.4 Å². The first-order valence-electron chi connectivity index (χ1n) is 8.69. The SMILES string of the molecule is COc1ccc(C2(C)C=NN(C)C(=O)C2)cc1OCCc1ccccc1. The van der Waals surface area contributed by atoms with Gasteiger partial charge in [-0.25, -0.2) is 5.01 Å². The summed E-state index contributed by atoms with van der Waals surface area (Å²) in [5, 5.41) is 5.58. The van der Waals surface area contributed by atoms with Crippen LogP contribution in [0.15, 0.2) is 53.6 Å². The molecule has 1 atom stereocenters. The summed E-state index contributed by atoms with van der Waals surface area (Å²) < 4.78 is 11.4. The molecule has 1 aliphatic rings. The summed E-state index contributed by atoms with van der Waals surface area (Å²) in [6.07, 6.45) is 3.02. The van der Waals surface area contributed by atoms with Crippen LogP contribution in [-0.4, -0.2) is 37.9 Å². The summed E-state index contributed by atoms with van der Waals surface area (Å²) in [6, 6.07) is 16.0. The van der Waals surface area contributed by atoms with Gasteiger partial charge in [0.2, 0.25) is 5.91 Å². The Labute approximate surface area is 154 Å². The van der Waals surface area contributed by atoms with Crippen molar-refractivity contribution in [1.29, 1.82) is 0 Å². The van der Waals surface area contributed by atoms with E-state index < -0.39 is 5.41 Å². The van der Waals surface area contributed by atoms with Gasteiger partial charge >= 0.3 is 0 Å². The molecule has 2 aromatic carbocycles. The first-order valence-corrected chi connectivity index (χ1v) is 8.69. The van der Waals surface area contributed by atoms with E-state index in [4.69, 9.17) is 9.47 Å². The zero-order chi connectivity index (χ0) is 18.6. The molecule has 5 nitrogen and oxygen atoms in total. The van der Waals surface area contributed by atoms with E-state index in [1.807, 2.05) is 49.5 Å². The van der Waals surface area contributed by atoms with Gasteiger partial charge in [0.1, 0.15) is 0 Å². The van der Waals surface area contributed by atoms with Gasteiger partial charge in [-0.15, -0.1) is 0 Å². The fourth-order valence-corrected chi connectivity index (χ4v) is 3.00. The second-order valence-electron chi connectivity index (χ2n) is 6.71. The summed E-state index contributed by atoms with van der Waals surface area (Å²) >= 11 is 0. The Hall–Kier alpha value is -2.82. The van der Waals surface area contributed by atoms with E-state index in [1.54, 1.807) is 14.2 Å². The number of methoxy groups -OCH3 is 1. The Balaban J connectivity index is 1.78. The van der Waals surface area contributed by atoms with Crippen molar-refractivity contribution in [3.05, 3.63) is 59.7 Å². The van der Waals surface area contributed by atoms with Gasteiger partial charge in [-0.2, -0.15) is 5.10 Å². The third-order valence-electron chi connectivity index (χ3n) is 4.71. The fraction of sp³-hybridized carbons (Fsp3) is 0.333. The topological polar surface area (TPSA) is 51.1 Å². The number of nitrogens with zero attached hydrogens (tertiary/aromatic N) is 2. The molecule has 1 heterocycles. The lowest BCUT2D eigenvalue weighted by Crippen LogP contribution is -2.38. The van der Waals surface area contributed by atoms with Crippen LogP contribution >= 0.6 is 0 Å². The van der Waals surface area contributed by atoms with Gasteiger partial charge in [-0.3, -0.25) is 4.79 Å². The third kappa shape index (κ3) is 3.87. The number of carbonyl (C=O) groups is 1. The van der Waals surface area contributed by atoms with Gasteiger partial charge in [0.15, 0.2) is 11.5 Å². The van der Waals surface area contributed by atoms with Crippen molar-refractivity contribution >= 4 is 12.1 Å². The van der Waals surface area contributed by atoms with Crippen LogP contribution in [0.25, 0.3) is 0 Å². The molecule has 0 N–H and O–H groups in total. The highest BCUT2D eigenvalue weighted by Crippen LogP contribution is 2.36. The van der Waals surface area contributed by atoms with Gasteiger partial charge in [-0.05, 0) is 30.2 Å². The van der Waals surface area contributed by atoms with Crippen LogP contribution in [-0.2, 0) is 16.6 Å². The Bertz CT molecular complexity index is 804.